The molecule has 0 amide bonds. The van der Waals surface area contributed by atoms with Gasteiger partial charge < -0.3 is 10.1 Å². The monoisotopic (exact) mass is 205 g/mol. The standard InChI is InChI=1S/C13H19NO/c1-9-5-6-10(2)12-11(9)14-8-7-13(3,4)15-12/h5-6,14H,7-8H2,1-4H3. The average molecular weight is 205 g/mol. The van der Waals surface area contributed by atoms with E-state index < -0.39 is 0 Å². The molecular formula is C13H19NO. The number of nitrogens with one attached hydrogen (secondary N) is 1. The first kappa shape index (κ1) is 10.3. The third-order valence-electron chi connectivity index (χ3n) is 2.97. The van der Waals surface area contributed by atoms with Gasteiger partial charge in [0.15, 0.2) is 0 Å². The van der Waals surface area contributed by atoms with Crippen molar-refractivity contribution < 1.29 is 4.74 Å². The molecule has 1 heterocycles. The number of rotatable bonds is 0. The van der Waals surface area contributed by atoms with Gasteiger partial charge in [-0.15, -0.1) is 0 Å². The van der Waals surface area contributed by atoms with Gasteiger partial charge in [-0.1, -0.05) is 12.1 Å². The molecule has 0 unspecified atom stereocenters. The summed E-state index contributed by atoms with van der Waals surface area (Å²) in [6, 6.07) is 4.26. The first-order chi connectivity index (χ1) is 6.99. The van der Waals surface area contributed by atoms with Crippen LogP contribution >= 0.6 is 0 Å². The van der Waals surface area contributed by atoms with Gasteiger partial charge in [0, 0.05) is 13.0 Å². The third kappa shape index (κ3) is 1.94. The molecular weight excluding hydrogens is 186 g/mol. The Balaban J connectivity index is 2.51. The molecule has 82 valence electrons. The van der Waals surface area contributed by atoms with Crippen molar-refractivity contribution in [3.8, 4) is 5.75 Å². The summed E-state index contributed by atoms with van der Waals surface area (Å²) in [7, 11) is 0. The summed E-state index contributed by atoms with van der Waals surface area (Å²) in [6.07, 6.45) is 1.03. The summed E-state index contributed by atoms with van der Waals surface area (Å²) in [6.45, 7) is 9.48. The molecule has 2 heteroatoms. The molecule has 0 saturated heterocycles. The van der Waals surface area contributed by atoms with E-state index in [4.69, 9.17) is 4.74 Å². The van der Waals surface area contributed by atoms with E-state index in [0.29, 0.717) is 0 Å². The number of anilines is 1. The molecule has 2 rings (SSSR count). The quantitative estimate of drug-likeness (QED) is 0.701. The first-order valence-corrected chi connectivity index (χ1v) is 5.53. The number of fused-ring (bicyclic) bond motifs is 1. The molecule has 1 aromatic rings. The minimum absolute atomic E-state index is 0.0726. The lowest BCUT2D eigenvalue weighted by Gasteiger charge is -2.25. The van der Waals surface area contributed by atoms with Gasteiger partial charge >= 0.3 is 0 Å². The molecule has 2 nitrogen and oxygen atoms in total. The first-order valence-electron chi connectivity index (χ1n) is 5.53. The van der Waals surface area contributed by atoms with Crippen molar-refractivity contribution in [2.75, 3.05) is 11.9 Å². The Morgan fingerprint density at radius 2 is 1.87 bits per heavy atom. The van der Waals surface area contributed by atoms with Gasteiger partial charge in [0.25, 0.3) is 0 Å². The summed E-state index contributed by atoms with van der Waals surface area (Å²) in [5.41, 5.74) is 3.56. The number of aryl methyl sites for hydroxylation is 2. The summed E-state index contributed by atoms with van der Waals surface area (Å²) in [4.78, 5) is 0. The maximum atomic E-state index is 6.09. The minimum atomic E-state index is -0.0726. The van der Waals surface area contributed by atoms with E-state index in [1.165, 1.54) is 16.8 Å². The van der Waals surface area contributed by atoms with Crippen LogP contribution in [0.4, 0.5) is 5.69 Å². The second kappa shape index (κ2) is 3.44. The summed E-state index contributed by atoms with van der Waals surface area (Å²) in [5.74, 6) is 1.03. The van der Waals surface area contributed by atoms with Crippen molar-refractivity contribution >= 4 is 5.69 Å². The fraction of sp³-hybridized carbons (Fsp3) is 0.538. The zero-order chi connectivity index (χ0) is 11.1. The van der Waals surface area contributed by atoms with Gasteiger partial charge in [0.1, 0.15) is 11.4 Å². The van der Waals surface area contributed by atoms with E-state index in [9.17, 15) is 0 Å². The van der Waals surface area contributed by atoms with Crippen molar-refractivity contribution in [1.29, 1.82) is 0 Å². The predicted octanol–water partition coefficient (Wildman–Crippen LogP) is 3.28. The second-order valence-electron chi connectivity index (χ2n) is 4.94. The van der Waals surface area contributed by atoms with E-state index in [0.717, 1.165) is 18.7 Å². The highest BCUT2D eigenvalue weighted by Gasteiger charge is 2.25. The minimum Gasteiger partial charge on any atom is -0.485 e. The molecule has 15 heavy (non-hydrogen) atoms. The molecule has 0 radical (unpaired) electrons. The fourth-order valence-electron chi connectivity index (χ4n) is 1.95. The van der Waals surface area contributed by atoms with Crippen LogP contribution in [-0.2, 0) is 0 Å². The van der Waals surface area contributed by atoms with Crippen LogP contribution in [0.15, 0.2) is 12.1 Å². The van der Waals surface area contributed by atoms with E-state index in [-0.39, 0.29) is 5.60 Å². The zero-order valence-electron chi connectivity index (χ0n) is 9.98. The van der Waals surface area contributed by atoms with E-state index in [1.54, 1.807) is 0 Å². The largest absolute Gasteiger partial charge is 0.485 e. The van der Waals surface area contributed by atoms with Crippen molar-refractivity contribution in [1.82, 2.24) is 0 Å². The Hall–Kier alpha value is -1.18. The summed E-state index contributed by atoms with van der Waals surface area (Å²) >= 11 is 0. The highest BCUT2D eigenvalue weighted by atomic mass is 16.5. The lowest BCUT2D eigenvalue weighted by molar-refractivity contribution is 0.107. The Labute approximate surface area is 91.6 Å². The number of benzene rings is 1. The number of hydrogen-bond donors (Lipinski definition) is 1. The van der Waals surface area contributed by atoms with Crippen molar-refractivity contribution in [2.45, 2.75) is 39.7 Å². The lowest BCUT2D eigenvalue weighted by Crippen LogP contribution is -2.28. The highest BCUT2D eigenvalue weighted by molar-refractivity contribution is 5.65. The molecule has 1 N–H and O–H groups in total. The lowest BCUT2D eigenvalue weighted by atomic mass is 10.1. The Kier molecular flexibility index (Phi) is 2.37. The van der Waals surface area contributed by atoms with Crippen LogP contribution in [-0.4, -0.2) is 12.1 Å². The molecule has 0 spiro atoms. The topological polar surface area (TPSA) is 21.3 Å². The van der Waals surface area contributed by atoms with Crippen LogP contribution in [0.1, 0.15) is 31.4 Å². The smallest absolute Gasteiger partial charge is 0.146 e. The second-order valence-corrected chi connectivity index (χ2v) is 4.94. The van der Waals surface area contributed by atoms with Gasteiger partial charge in [-0.3, -0.25) is 0 Å². The third-order valence-corrected chi connectivity index (χ3v) is 2.97. The number of ether oxygens (including phenoxy) is 1. The van der Waals surface area contributed by atoms with Gasteiger partial charge in [-0.2, -0.15) is 0 Å². The molecule has 1 aliphatic rings. The molecule has 1 aromatic carbocycles. The van der Waals surface area contributed by atoms with Crippen LogP contribution in [0.25, 0.3) is 0 Å². The van der Waals surface area contributed by atoms with Gasteiger partial charge in [-0.25, -0.2) is 0 Å². The van der Waals surface area contributed by atoms with Gasteiger partial charge in [0.2, 0.25) is 0 Å². The van der Waals surface area contributed by atoms with Crippen LogP contribution in [0.3, 0.4) is 0 Å². The summed E-state index contributed by atoms with van der Waals surface area (Å²) in [5, 5.41) is 3.46. The fourth-order valence-corrected chi connectivity index (χ4v) is 1.95. The molecule has 0 fully saturated rings. The summed E-state index contributed by atoms with van der Waals surface area (Å²) < 4.78 is 6.09. The Morgan fingerprint density at radius 1 is 1.20 bits per heavy atom. The molecule has 0 aromatic heterocycles. The molecule has 0 saturated carbocycles. The van der Waals surface area contributed by atoms with E-state index in [1.807, 2.05) is 0 Å². The van der Waals surface area contributed by atoms with Crippen LogP contribution in [0.5, 0.6) is 5.75 Å². The maximum Gasteiger partial charge on any atom is 0.146 e. The normalized spacial score (nSPS) is 18.4. The van der Waals surface area contributed by atoms with Gasteiger partial charge in [-0.05, 0) is 38.8 Å². The van der Waals surface area contributed by atoms with Crippen molar-refractivity contribution in [2.24, 2.45) is 0 Å². The van der Waals surface area contributed by atoms with E-state index in [2.05, 4.69) is 45.1 Å². The SMILES string of the molecule is Cc1ccc(C)c2c1NCCC(C)(C)O2. The Bertz CT molecular complexity index is 382. The average Bonchev–Trinajstić information content (AvgIpc) is 2.31. The van der Waals surface area contributed by atoms with Crippen molar-refractivity contribution in [3.05, 3.63) is 23.3 Å². The van der Waals surface area contributed by atoms with Crippen LogP contribution in [0.2, 0.25) is 0 Å². The van der Waals surface area contributed by atoms with Crippen LogP contribution < -0.4 is 10.1 Å². The maximum absolute atomic E-state index is 6.09. The number of hydrogen-bond acceptors (Lipinski definition) is 2. The molecule has 1 aliphatic heterocycles. The van der Waals surface area contributed by atoms with Gasteiger partial charge in [0.05, 0.1) is 5.69 Å². The van der Waals surface area contributed by atoms with Crippen LogP contribution in [0, 0.1) is 13.8 Å². The predicted molar refractivity (Wildman–Crippen MR) is 63.7 cm³/mol. The highest BCUT2D eigenvalue weighted by Crippen LogP contribution is 2.37. The van der Waals surface area contributed by atoms with Crippen molar-refractivity contribution in [3.63, 3.8) is 0 Å². The molecule has 0 bridgehead atoms. The zero-order valence-corrected chi connectivity index (χ0v) is 9.98. The molecule has 0 atom stereocenters. The Morgan fingerprint density at radius 3 is 2.60 bits per heavy atom. The molecule has 0 aliphatic carbocycles. The van der Waals surface area contributed by atoms with E-state index >= 15 is 0 Å².